The Hall–Kier alpha value is -2.13. The molecule has 1 N–H and O–H groups in total. The van der Waals surface area contributed by atoms with Gasteiger partial charge in [-0.2, -0.15) is 0 Å². The molecule has 1 aliphatic heterocycles. The van der Waals surface area contributed by atoms with Gasteiger partial charge in [-0.1, -0.05) is 17.7 Å². The molecule has 1 aromatic heterocycles. The standard InChI is InChI=1S/C19H21BrClFN4O3/c1-19(2,3)29-18(28)26-8-6-25(7-9-26)16-15(22)14(21)12-5-4-11(17(27)24-20)10-13(12)23-16/h4-5,10H,6-9H2,1-3H3,(H,24,27). The van der Waals surface area contributed by atoms with Crippen molar-refractivity contribution in [1.29, 1.82) is 0 Å². The molecule has 29 heavy (non-hydrogen) atoms. The van der Waals surface area contributed by atoms with Gasteiger partial charge in [0.25, 0.3) is 5.91 Å². The summed E-state index contributed by atoms with van der Waals surface area (Å²) in [6, 6.07) is 4.67. The third-order valence-electron chi connectivity index (χ3n) is 4.43. The molecule has 156 valence electrons. The fourth-order valence-electron chi connectivity index (χ4n) is 3.02. The van der Waals surface area contributed by atoms with E-state index < -0.39 is 17.5 Å². The first-order valence-electron chi connectivity index (χ1n) is 9.03. The van der Waals surface area contributed by atoms with Gasteiger partial charge < -0.3 is 14.5 Å². The van der Waals surface area contributed by atoms with Crippen molar-refractivity contribution in [2.45, 2.75) is 26.4 Å². The molecule has 2 amide bonds. The molecule has 1 aliphatic rings. The number of fused-ring (bicyclic) bond motifs is 1. The fraction of sp³-hybridized carbons (Fsp3) is 0.421. The number of piperazine rings is 1. The van der Waals surface area contributed by atoms with Crippen molar-refractivity contribution in [2.75, 3.05) is 31.1 Å². The van der Waals surface area contributed by atoms with Gasteiger partial charge in [0, 0.05) is 53.3 Å². The quantitative estimate of drug-likeness (QED) is 0.645. The minimum Gasteiger partial charge on any atom is -0.444 e. The Morgan fingerprint density at radius 1 is 1.24 bits per heavy atom. The molecule has 3 rings (SSSR count). The molecule has 0 unspecified atom stereocenters. The van der Waals surface area contributed by atoms with Crippen LogP contribution in [-0.2, 0) is 4.74 Å². The monoisotopic (exact) mass is 486 g/mol. The maximum Gasteiger partial charge on any atom is 0.410 e. The second kappa shape index (κ2) is 8.31. The highest BCUT2D eigenvalue weighted by Crippen LogP contribution is 2.32. The van der Waals surface area contributed by atoms with E-state index in [0.29, 0.717) is 42.6 Å². The van der Waals surface area contributed by atoms with Crippen molar-refractivity contribution in [3.05, 3.63) is 34.6 Å². The average Bonchev–Trinajstić information content (AvgIpc) is 2.68. The summed E-state index contributed by atoms with van der Waals surface area (Å²) in [4.78, 5) is 31.8. The van der Waals surface area contributed by atoms with Crippen LogP contribution in [0.1, 0.15) is 31.1 Å². The number of carbonyl (C=O) groups is 2. The number of benzene rings is 1. The minimum absolute atomic E-state index is 0.0506. The van der Waals surface area contributed by atoms with E-state index in [1.165, 1.54) is 0 Å². The number of ether oxygens (including phenoxy) is 1. The van der Waals surface area contributed by atoms with Crippen LogP contribution in [0.4, 0.5) is 15.0 Å². The smallest absolute Gasteiger partial charge is 0.410 e. The zero-order chi connectivity index (χ0) is 21.3. The Balaban J connectivity index is 1.84. The van der Waals surface area contributed by atoms with E-state index in [2.05, 4.69) is 25.5 Å². The topological polar surface area (TPSA) is 74.8 Å². The van der Waals surface area contributed by atoms with Gasteiger partial charge in [0.1, 0.15) is 5.60 Å². The van der Waals surface area contributed by atoms with Gasteiger partial charge in [-0.15, -0.1) is 0 Å². The van der Waals surface area contributed by atoms with Crippen molar-refractivity contribution in [1.82, 2.24) is 14.2 Å². The summed E-state index contributed by atoms with van der Waals surface area (Å²) in [5.41, 5.74) is 0.201. The van der Waals surface area contributed by atoms with E-state index in [4.69, 9.17) is 16.3 Å². The minimum atomic E-state index is -0.623. The lowest BCUT2D eigenvalue weighted by molar-refractivity contribution is 0.0240. The molecule has 0 aliphatic carbocycles. The molecular weight excluding hydrogens is 467 g/mol. The predicted molar refractivity (Wildman–Crippen MR) is 113 cm³/mol. The second-order valence-corrected chi connectivity index (χ2v) is 8.45. The normalized spacial score (nSPS) is 14.8. The Labute approximate surface area is 181 Å². The number of halogens is 3. The van der Waals surface area contributed by atoms with Gasteiger partial charge in [0.05, 0.1) is 10.5 Å². The average molecular weight is 488 g/mol. The summed E-state index contributed by atoms with van der Waals surface area (Å²) in [6.07, 6.45) is -0.396. The van der Waals surface area contributed by atoms with Crippen LogP contribution >= 0.6 is 27.7 Å². The summed E-state index contributed by atoms with van der Waals surface area (Å²) in [5, 5.41) is 0.372. The number of hydrogen-bond donors (Lipinski definition) is 1. The highest BCUT2D eigenvalue weighted by Gasteiger charge is 2.28. The third-order valence-corrected chi connectivity index (χ3v) is 5.16. The predicted octanol–water partition coefficient (Wildman–Crippen LogP) is 4.12. The number of rotatable bonds is 2. The van der Waals surface area contributed by atoms with Gasteiger partial charge >= 0.3 is 6.09 Å². The summed E-state index contributed by atoms with van der Waals surface area (Å²) in [5.74, 6) is -0.869. The molecule has 0 atom stereocenters. The van der Waals surface area contributed by atoms with E-state index in [9.17, 15) is 14.0 Å². The number of pyridine rings is 1. The molecule has 1 saturated heterocycles. The zero-order valence-corrected chi connectivity index (χ0v) is 18.6. The number of aromatic nitrogens is 1. The van der Waals surface area contributed by atoms with E-state index >= 15 is 0 Å². The van der Waals surface area contributed by atoms with Crippen molar-refractivity contribution < 1.29 is 18.7 Å². The van der Waals surface area contributed by atoms with Crippen LogP contribution in [0.15, 0.2) is 18.2 Å². The van der Waals surface area contributed by atoms with Crippen LogP contribution in [0.2, 0.25) is 5.02 Å². The number of amides is 2. The van der Waals surface area contributed by atoms with Crippen LogP contribution in [0.5, 0.6) is 0 Å². The van der Waals surface area contributed by atoms with Gasteiger partial charge in [-0.05, 0) is 32.9 Å². The maximum absolute atomic E-state index is 14.9. The number of anilines is 1. The molecule has 0 spiro atoms. The number of hydrogen-bond acceptors (Lipinski definition) is 5. The first-order chi connectivity index (χ1) is 13.6. The highest BCUT2D eigenvalue weighted by molar-refractivity contribution is 9.08. The maximum atomic E-state index is 14.9. The molecule has 1 fully saturated rings. The van der Waals surface area contributed by atoms with Gasteiger partial charge in [-0.3, -0.25) is 9.14 Å². The molecule has 7 nitrogen and oxygen atoms in total. The van der Waals surface area contributed by atoms with Crippen molar-refractivity contribution >= 4 is 56.5 Å². The van der Waals surface area contributed by atoms with Crippen LogP contribution in [0.25, 0.3) is 10.9 Å². The lowest BCUT2D eigenvalue weighted by atomic mass is 10.1. The first-order valence-corrected chi connectivity index (χ1v) is 10.2. The van der Waals surface area contributed by atoms with Gasteiger partial charge in [0.2, 0.25) is 0 Å². The van der Waals surface area contributed by atoms with Gasteiger partial charge in [-0.25, -0.2) is 14.2 Å². The Morgan fingerprint density at radius 2 is 1.90 bits per heavy atom. The van der Waals surface area contributed by atoms with Crippen molar-refractivity contribution in [2.24, 2.45) is 0 Å². The molecule has 10 heteroatoms. The largest absolute Gasteiger partial charge is 0.444 e. The summed E-state index contributed by atoms with van der Waals surface area (Å²) < 4.78 is 22.6. The van der Waals surface area contributed by atoms with Gasteiger partial charge in [0.15, 0.2) is 11.6 Å². The summed E-state index contributed by atoms with van der Waals surface area (Å²) >= 11 is 9.13. The van der Waals surface area contributed by atoms with E-state index in [1.807, 2.05) is 20.8 Å². The molecule has 1 aromatic carbocycles. The van der Waals surface area contributed by atoms with Crippen LogP contribution in [0, 0.1) is 5.82 Å². The molecule has 0 radical (unpaired) electrons. The second-order valence-electron chi connectivity index (χ2n) is 7.67. The van der Waals surface area contributed by atoms with Crippen LogP contribution < -0.4 is 9.24 Å². The third kappa shape index (κ3) is 4.72. The summed E-state index contributed by atoms with van der Waals surface area (Å²) in [6.45, 7) is 6.93. The Bertz CT molecular complexity index is 959. The molecule has 0 bridgehead atoms. The summed E-state index contributed by atoms with van der Waals surface area (Å²) in [7, 11) is 0. The van der Waals surface area contributed by atoms with E-state index in [0.717, 1.165) is 0 Å². The Morgan fingerprint density at radius 3 is 2.48 bits per heavy atom. The lowest BCUT2D eigenvalue weighted by Crippen LogP contribution is -2.50. The van der Waals surface area contributed by atoms with Crippen LogP contribution in [0.3, 0.4) is 0 Å². The zero-order valence-electron chi connectivity index (χ0n) is 16.3. The first kappa shape index (κ1) is 21.6. The molecule has 0 saturated carbocycles. The molecule has 2 aromatic rings. The highest BCUT2D eigenvalue weighted by atomic mass is 79.9. The molecule has 2 heterocycles. The van der Waals surface area contributed by atoms with Crippen LogP contribution in [-0.4, -0.2) is 53.7 Å². The van der Waals surface area contributed by atoms with E-state index in [-0.39, 0.29) is 16.7 Å². The van der Waals surface area contributed by atoms with Crippen molar-refractivity contribution in [3.8, 4) is 0 Å². The Kier molecular flexibility index (Phi) is 6.19. The fourth-order valence-corrected chi connectivity index (χ4v) is 3.50. The van der Waals surface area contributed by atoms with Crippen molar-refractivity contribution in [3.63, 3.8) is 0 Å². The number of nitrogens with one attached hydrogen (secondary N) is 1. The van der Waals surface area contributed by atoms with E-state index in [1.54, 1.807) is 28.0 Å². The SMILES string of the molecule is CC(C)(C)OC(=O)N1CCN(c2nc3cc(C(=O)NBr)ccc3c(Cl)c2F)CC1. The molecular formula is C19H21BrClFN4O3. The number of nitrogens with zero attached hydrogens (tertiary/aromatic N) is 3. The number of carbonyl (C=O) groups excluding carboxylic acids is 2. The lowest BCUT2D eigenvalue weighted by Gasteiger charge is -2.36.